The molecule has 1 aromatic carbocycles. The molecule has 0 N–H and O–H groups in total. The zero-order chi connectivity index (χ0) is 13.4. The Morgan fingerprint density at radius 2 is 2.00 bits per heavy atom. The van der Waals surface area contributed by atoms with Crippen LogP contribution in [0.3, 0.4) is 0 Å². The van der Waals surface area contributed by atoms with Crippen LogP contribution in [0.5, 0.6) is 0 Å². The van der Waals surface area contributed by atoms with Gasteiger partial charge < -0.3 is 4.90 Å². The summed E-state index contributed by atoms with van der Waals surface area (Å²) in [6, 6.07) is 10.1. The fourth-order valence-electron chi connectivity index (χ4n) is 1.85. The predicted molar refractivity (Wildman–Crippen MR) is 80.5 cm³/mol. The van der Waals surface area contributed by atoms with Crippen LogP contribution in [0.2, 0.25) is 0 Å². The van der Waals surface area contributed by atoms with E-state index in [-0.39, 0.29) is 5.78 Å². The van der Waals surface area contributed by atoms with Crippen molar-refractivity contribution >= 4 is 17.5 Å². The molecule has 18 heavy (non-hydrogen) atoms. The van der Waals surface area contributed by atoms with Crippen molar-refractivity contribution in [2.45, 2.75) is 25.8 Å². The fourth-order valence-corrected chi connectivity index (χ4v) is 2.58. The molecule has 0 aromatic heterocycles. The first kappa shape index (κ1) is 15.3. The highest BCUT2D eigenvalue weighted by molar-refractivity contribution is 7.98. The second kappa shape index (κ2) is 8.33. The van der Waals surface area contributed by atoms with Crippen LogP contribution in [0.1, 0.15) is 30.1 Å². The lowest BCUT2D eigenvalue weighted by Gasteiger charge is -2.23. The molecule has 0 saturated carbocycles. The average Bonchev–Trinajstić information content (AvgIpc) is 2.39. The molecule has 1 atom stereocenters. The topological polar surface area (TPSA) is 20.3 Å². The minimum atomic E-state index is 0.251. The number of Topliss-reactive ketones (excluding diaryl/α,β-unsaturated/α-hetero) is 1. The zero-order valence-corrected chi connectivity index (χ0v) is 12.4. The highest BCUT2D eigenvalue weighted by Crippen LogP contribution is 2.08. The number of benzene rings is 1. The number of hydrogen-bond acceptors (Lipinski definition) is 3. The predicted octanol–water partition coefficient (Wildman–Crippen LogP) is 3.33. The smallest absolute Gasteiger partial charge is 0.162 e. The van der Waals surface area contributed by atoms with Gasteiger partial charge in [-0.05, 0) is 33.2 Å². The number of ketones is 1. The average molecular weight is 265 g/mol. The van der Waals surface area contributed by atoms with Crippen LogP contribution in [0.4, 0.5) is 0 Å². The van der Waals surface area contributed by atoms with Gasteiger partial charge in [-0.3, -0.25) is 4.79 Å². The zero-order valence-electron chi connectivity index (χ0n) is 11.6. The number of carbonyl (C=O) groups is 1. The van der Waals surface area contributed by atoms with E-state index < -0.39 is 0 Å². The Morgan fingerprint density at radius 3 is 2.61 bits per heavy atom. The molecule has 3 heteroatoms. The Hall–Kier alpha value is -0.800. The van der Waals surface area contributed by atoms with E-state index in [2.05, 4.69) is 25.1 Å². The van der Waals surface area contributed by atoms with Gasteiger partial charge in [0.25, 0.3) is 0 Å². The van der Waals surface area contributed by atoms with Crippen LogP contribution in [0.25, 0.3) is 0 Å². The van der Waals surface area contributed by atoms with Crippen molar-refractivity contribution in [2.75, 3.05) is 25.6 Å². The summed E-state index contributed by atoms with van der Waals surface area (Å²) in [5.41, 5.74) is 0.831. The lowest BCUT2D eigenvalue weighted by atomic mass is 10.1. The molecule has 0 amide bonds. The molecule has 100 valence electrons. The van der Waals surface area contributed by atoms with Crippen LogP contribution in [0, 0.1) is 0 Å². The summed E-state index contributed by atoms with van der Waals surface area (Å²) >= 11 is 1.87. The van der Waals surface area contributed by atoms with Crippen LogP contribution in [-0.4, -0.2) is 42.3 Å². The summed E-state index contributed by atoms with van der Waals surface area (Å²) < 4.78 is 0. The second-order valence-corrected chi connectivity index (χ2v) is 5.59. The summed E-state index contributed by atoms with van der Waals surface area (Å²) in [7, 11) is 2.13. The van der Waals surface area contributed by atoms with E-state index in [1.54, 1.807) is 0 Å². The first-order valence-corrected chi connectivity index (χ1v) is 7.82. The molecule has 0 aliphatic rings. The largest absolute Gasteiger partial charge is 0.303 e. The molecule has 0 aliphatic carbocycles. The Balaban J connectivity index is 2.28. The quantitative estimate of drug-likeness (QED) is 0.672. The molecule has 0 spiro atoms. The maximum Gasteiger partial charge on any atom is 0.162 e. The molecule has 1 aromatic rings. The number of hydrogen-bond donors (Lipinski definition) is 0. The number of rotatable bonds is 8. The molecule has 0 radical (unpaired) electrons. The normalized spacial score (nSPS) is 12.7. The van der Waals surface area contributed by atoms with E-state index in [1.165, 1.54) is 0 Å². The molecule has 0 fully saturated rings. The summed E-state index contributed by atoms with van der Waals surface area (Å²) in [6.45, 7) is 3.22. The van der Waals surface area contributed by atoms with E-state index in [4.69, 9.17) is 0 Å². The third-order valence-corrected chi connectivity index (χ3v) is 3.99. The minimum absolute atomic E-state index is 0.251. The van der Waals surface area contributed by atoms with Crippen molar-refractivity contribution < 1.29 is 4.79 Å². The third-order valence-electron chi connectivity index (χ3n) is 3.17. The molecule has 0 saturated heterocycles. The number of thioether (sulfide) groups is 1. The van der Waals surface area contributed by atoms with Gasteiger partial charge in [-0.2, -0.15) is 11.8 Å². The van der Waals surface area contributed by atoms with E-state index in [9.17, 15) is 4.79 Å². The van der Waals surface area contributed by atoms with E-state index in [1.807, 2.05) is 42.1 Å². The van der Waals surface area contributed by atoms with Crippen molar-refractivity contribution in [3.8, 4) is 0 Å². The van der Waals surface area contributed by atoms with Crippen molar-refractivity contribution in [3.63, 3.8) is 0 Å². The van der Waals surface area contributed by atoms with E-state index in [0.29, 0.717) is 12.5 Å². The van der Waals surface area contributed by atoms with Gasteiger partial charge in [-0.15, -0.1) is 0 Å². The third kappa shape index (κ3) is 5.23. The van der Waals surface area contributed by atoms with E-state index in [0.717, 1.165) is 24.3 Å². The van der Waals surface area contributed by atoms with Gasteiger partial charge in [0, 0.05) is 23.8 Å². The highest BCUT2D eigenvalue weighted by atomic mass is 32.2. The van der Waals surface area contributed by atoms with Gasteiger partial charge in [0.05, 0.1) is 0 Å². The van der Waals surface area contributed by atoms with Crippen molar-refractivity contribution in [3.05, 3.63) is 35.9 Å². The number of carbonyl (C=O) groups excluding carboxylic acids is 1. The minimum Gasteiger partial charge on any atom is -0.303 e. The first-order valence-electron chi connectivity index (χ1n) is 6.42. The van der Waals surface area contributed by atoms with Crippen LogP contribution < -0.4 is 0 Å². The number of nitrogens with zero attached hydrogens (tertiary/aromatic N) is 1. The van der Waals surface area contributed by atoms with Crippen LogP contribution >= 0.6 is 11.8 Å². The molecule has 0 heterocycles. The molecule has 2 nitrogen and oxygen atoms in total. The molecule has 1 rings (SSSR count). The van der Waals surface area contributed by atoms with Gasteiger partial charge in [0.2, 0.25) is 0 Å². The molecule has 1 unspecified atom stereocenters. The van der Waals surface area contributed by atoms with Gasteiger partial charge >= 0.3 is 0 Å². The SMILES string of the molecule is CSCC(C)N(C)CCCC(=O)c1ccccc1. The first-order chi connectivity index (χ1) is 8.65. The lowest BCUT2D eigenvalue weighted by Crippen LogP contribution is -2.32. The maximum atomic E-state index is 11.9. The van der Waals surface area contributed by atoms with Crippen molar-refractivity contribution in [1.82, 2.24) is 4.90 Å². The Bertz CT molecular complexity index is 353. The maximum absolute atomic E-state index is 11.9. The van der Waals surface area contributed by atoms with Gasteiger partial charge in [0.1, 0.15) is 0 Å². The van der Waals surface area contributed by atoms with Crippen molar-refractivity contribution in [1.29, 1.82) is 0 Å². The Kier molecular flexibility index (Phi) is 7.06. The van der Waals surface area contributed by atoms with Crippen molar-refractivity contribution in [2.24, 2.45) is 0 Å². The standard InChI is InChI=1S/C15H23NOS/c1-13(12-18-3)16(2)11-7-10-15(17)14-8-5-4-6-9-14/h4-6,8-9,13H,7,10-12H2,1-3H3. The van der Waals surface area contributed by atoms with E-state index >= 15 is 0 Å². The summed E-state index contributed by atoms with van der Waals surface area (Å²) in [4.78, 5) is 14.2. The van der Waals surface area contributed by atoms with Gasteiger partial charge in [-0.1, -0.05) is 30.3 Å². The summed E-state index contributed by atoms with van der Waals surface area (Å²) in [5, 5.41) is 0. The molecule has 0 aliphatic heterocycles. The van der Waals surface area contributed by atoms with Crippen LogP contribution in [-0.2, 0) is 0 Å². The summed E-state index contributed by atoms with van der Waals surface area (Å²) in [6.07, 6.45) is 3.70. The lowest BCUT2D eigenvalue weighted by molar-refractivity contribution is 0.0974. The monoisotopic (exact) mass is 265 g/mol. The summed E-state index contributed by atoms with van der Waals surface area (Å²) in [5.74, 6) is 1.39. The molecular weight excluding hydrogens is 242 g/mol. The highest BCUT2D eigenvalue weighted by Gasteiger charge is 2.09. The Morgan fingerprint density at radius 1 is 1.33 bits per heavy atom. The fraction of sp³-hybridized carbons (Fsp3) is 0.533. The van der Waals surface area contributed by atoms with Gasteiger partial charge in [0.15, 0.2) is 5.78 Å². The Labute approximate surface area is 115 Å². The van der Waals surface area contributed by atoms with Gasteiger partial charge in [-0.25, -0.2) is 0 Å². The molecular formula is C15H23NOS. The second-order valence-electron chi connectivity index (χ2n) is 4.68. The van der Waals surface area contributed by atoms with Crippen LogP contribution in [0.15, 0.2) is 30.3 Å². The molecule has 0 bridgehead atoms.